The molecule has 0 saturated carbocycles. The quantitative estimate of drug-likeness (QED) is 0.782. The van der Waals surface area contributed by atoms with E-state index < -0.39 is 18.5 Å². The fraction of sp³-hybridized carbons (Fsp3) is 0.364. The zero-order chi connectivity index (χ0) is 11.4. The number of aliphatic hydroxyl groups is 1. The van der Waals surface area contributed by atoms with E-state index in [9.17, 15) is 4.79 Å². The smallest absolute Gasteiger partial charge is 0.313 e. The molecule has 0 aliphatic rings. The SMILES string of the molecule is COc1ccc(C)c([C@@H](CO)C(=O)O)c1. The molecular formula is C11H14O4. The zero-order valence-corrected chi connectivity index (χ0v) is 8.73. The van der Waals surface area contributed by atoms with E-state index in [0.29, 0.717) is 11.3 Å². The molecule has 15 heavy (non-hydrogen) atoms. The number of carboxylic acids is 1. The summed E-state index contributed by atoms with van der Waals surface area (Å²) in [4.78, 5) is 10.9. The standard InChI is InChI=1S/C11H14O4/c1-7-3-4-8(15-2)5-9(7)10(6-12)11(13)14/h3-5,10,12H,6H2,1-2H3,(H,13,14)/t10-/m1/s1. The first-order valence-corrected chi connectivity index (χ1v) is 4.58. The molecule has 2 N–H and O–H groups in total. The van der Waals surface area contributed by atoms with Crippen LogP contribution in [0.15, 0.2) is 18.2 Å². The minimum absolute atomic E-state index is 0.413. The van der Waals surface area contributed by atoms with Crippen molar-refractivity contribution in [1.29, 1.82) is 0 Å². The number of aliphatic carboxylic acids is 1. The Morgan fingerprint density at radius 3 is 2.67 bits per heavy atom. The third-order valence-corrected chi connectivity index (χ3v) is 2.34. The predicted molar refractivity (Wildman–Crippen MR) is 55.2 cm³/mol. The number of rotatable bonds is 4. The molecular weight excluding hydrogens is 196 g/mol. The second-order valence-corrected chi connectivity index (χ2v) is 3.30. The summed E-state index contributed by atoms with van der Waals surface area (Å²) >= 11 is 0. The van der Waals surface area contributed by atoms with Crippen LogP contribution in [0.2, 0.25) is 0 Å². The Morgan fingerprint density at radius 1 is 1.53 bits per heavy atom. The van der Waals surface area contributed by atoms with Crippen molar-refractivity contribution < 1.29 is 19.7 Å². The van der Waals surface area contributed by atoms with Gasteiger partial charge in [0.25, 0.3) is 0 Å². The second-order valence-electron chi connectivity index (χ2n) is 3.30. The van der Waals surface area contributed by atoms with Crippen molar-refractivity contribution in [2.24, 2.45) is 0 Å². The largest absolute Gasteiger partial charge is 0.497 e. The van der Waals surface area contributed by atoms with Crippen LogP contribution >= 0.6 is 0 Å². The highest BCUT2D eigenvalue weighted by atomic mass is 16.5. The van der Waals surface area contributed by atoms with Gasteiger partial charge in [-0.05, 0) is 30.2 Å². The van der Waals surface area contributed by atoms with Gasteiger partial charge in [-0.25, -0.2) is 0 Å². The lowest BCUT2D eigenvalue weighted by molar-refractivity contribution is -0.139. The first-order chi connectivity index (χ1) is 7.10. The number of hydrogen-bond acceptors (Lipinski definition) is 3. The summed E-state index contributed by atoms with van der Waals surface area (Å²) in [5, 5.41) is 17.9. The van der Waals surface area contributed by atoms with Gasteiger partial charge >= 0.3 is 5.97 Å². The van der Waals surface area contributed by atoms with Crippen LogP contribution in [0.5, 0.6) is 5.75 Å². The van der Waals surface area contributed by atoms with Crippen LogP contribution in [-0.2, 0) is 4.79 Å². The van der Waals surface area contributed by atoms with Gasteiger partial charge in [-0.3, -0.25) is 4.79 Å². The molecule has 0 aromatic heterocycles. The Morgan fingerprint density at radius 2 is 2.20 bits per heavy atom. The minimum Gasteiger partial charge on any atom is -0.497 e. The van der Waals surface area contributed by atoms with E-state index in [2.05, 4.69) is 0 Å². The van der Waals surface area contributed by atoms with Crippen molar-refractivity contribution in [3.8, 4) is 5.75 Å². The highest BCUT2D eigenvalue weighted by Crippen LogP contribution is 2.24. The molecule has 0 fully saturated rings. The third kappa shape index (κ3) is 2.47. The number of benzene rings is 1. The molecule has 1 atom stereocenters. The van der Waals surface area contributed by atoms with Gasteiger partial charge in [0.2, 0.25) is 0 Å². The molecule has 0 aliphatic heterocycles. The van der Waals surface area contributed by atoms with Crippen LogP contribution in [0.4, 0.5) is 0 Å². The summed E-state index contributed by atoms with van der Waals surface area (Å²) in [6, 6.07) is 5.18. The number of methoxy groups -OCH3 is 1. The monoisotopic (exact) mass is 210 g/mol. The summed E-state index contributed by atoms with van der Waals surface area (Å²) in [5.74, 6) is -1.33. The van der Waals surface area contributed by atoms with Crippen molar-refractivity contribution in [1.82, 2.24) is 0 Å². The van der Waals surface area contributed by atoms with Gasteiger partial charge in [-0.1, -0.05) is 6.07 Å². The molecule has 0 amide bonds. The zero-order valence-electron chi connectivity index (χ0n) is 8.73. The van der Waals surface area contributed by atoms with E-state index >= 15 is 0 Å². The van der Waals surface area contributed by atoms with E-state index in [4.69, 9.17) is 14.9 Å². The lowest BCUT2D eigenvalue weighted by Gasteiger charge is -2.13. The van der Waals surface area contributed by atoms with E-state index in [1.807, 2.05) is 0 Å². The third-order valence-electron chi connectivity index (χ3n) is 2.34. The summed E-state index contributed by atoms with van der Waals surface area (Å²) in [6.45, 7) is 1.39. The van der Waals surface area contributed by atoms with Crippen LogP contribution in [0.1, 0.15) is 17.0 Å². The van der Waals surface area contributed by atoms with Crippen LogP contribution in [-0.4, -0.2) is 29.9 Å². The molecule has 4 nitrogen and oxygen atoms in total. The highest BCUT2D eigenvalue weighted by Gasteiger charge is 2.20. The van der Waals surface area contributed by atoms with Crippen molar-refractivity contribution in [3.05, 3.63) is 29.3 Å². The predicted octanol–water partition coefficient (Wildman–Crippen LogP) is 1.16. The van der Waals surface area contributed by atoms with Crippen LogP contribution in [0, 0.1) is 6.92 Å². The van der Waals surface area contributed by atoms with Gasteiger partial charge in [0.15, 0.2) is 0 Å². The molecule has 82 valence electrons. The number of hydrogen-bond donors (Lipinski definition) is 2. The molecule has 0 bridgehead atoms. The number of aliphatic hydroxyl groups excluding tert-OH is 1. The Bertz CT molecular complexity index is 360. The number of carbonyl (C=O) groups is 1. The second kappa shape index (κ2) is 4.79. The summed E-state index contributed by atoms with van der Waals surface area (Å²) < 4.78 is 5.01. The van der Waals surface area contributed by atoms with Gasteiger partial charge in [-0.15, -0.1) is 0 Å². The van der Waals surface area contributed by atoms with Crippen molar-refractivity contribution in [3.63, 3.8) is 0 Å². The average molecular weight is 210 g/mol. The Labute approximate surface area is 88.1 Å². The number of ether oxygens (including phenoxy) is 1. The normalized spacial score (nSPS) is 12.2. The molecule has 0 spiro atoms. The summed E-state index contributed by atoms with van der Waals surface area (Å²) in [7, 11) is 1.52. The first-order valence-electron chi connectivity index (χ1n) is 4.58. The van der Waals surface area contributed by atoms with Crippen LogP contribution in [0.25, 0.3) is 0 Å². The maximum absolute atomic E-state index is 10.9. The van der Waals surface area contributed by atoms with Gasteiger partial charge in [0, 0.05) is 0 Å². The fourth-order valence-corrected chi connectivity index (χ4v) is 1.43. The Kier molecular flexibility index (Phi) is 3.68. The topological polar surface area (TPSA) is 66.8 Å². The highest BCUT2D eigenvalue weighted by molar-refractivity contribution is 5.77. The van der Waals surface area contributed by atoms with Crippen molar-refractivity contribution >= 4 is 5.97 Å². The molecule has 0 saturated heterocycles. The molecule has 0 heterocycles. The van der Waals surface area contributed by atoms with Crippen molar-refractivity contribution in [2.75, 3.05) is 13.7 Å². The minimum atomic E-state index is -1.03. The molecule has 4 heteroatoms. The molecule has 0 unspecified atom stereocenters. The summed E-state index contributed by atoms with van der Waals surface area (Å²) in [5.41, 5.74) is 1.42. The lowest BCUT2D eigenvalue weighted by atomic mass is 9.95. The van der Waals surface area contributed by atoms with Gasteiger partial charge in [0.05, 0.1) is 13.7 Å². The molecule has 1 aromatic rings. The van der Waals surface area contributed by atoms with E-state index in [-0.39, 0.29) is 0 Å². The number of aryl methyl sites for hydroxylation is 1. The van der Waals surface area contributed by atoms with Crippen LogP contribution in [0.3, 0.4) is 0 Å². The van der Waals surface area contributed by atoms with E-state index in [1.165, 1.54) is 7.11 Å². The van der Waals surface area contributed by atoms with Gasteiger partial charge in [-0.2, -0.15) is 0 Å². The first kappa shape index (κ1) is 11.5. The van der Waals surface area contributed by atoms with E-state index in [0.717, 1.165) is 5.56 Å². The molecule has 0 aliphatic carbocycles. The van der Waals surface area contributed by atoms with Gasteiger partial charge < -0.3 is 14.9 Å². The fourth-order valence-electron chi connectivity index (χ4n) is 1.43. The maximum atomic E-state index is 10.9. The van der Waals surface area contributed by atoms with E-state index in [1.54, 1.807) is 25.1 Å². The Balaban J connectivity index is 3.15. The van der Waals surface area contributed by atoms with Crippen molar-refractivity contribution in [2.45, 2.75) is 12.8 Å². The maximum Gasteiger partial charge on any atom is 0.313 e. The summed E-state index contributed by atoms with van der Waals surface area (Å²) in [6.07, 6.45) is 0. The van der Waals surface area contributed by atoms with Crippen LogP contribution < -0.4 is 4.74 Å². The molecule has 0 radical (unpaired) electrons. The Hall–Kier alpha value is -1.55. The number of carboxylic acid groups (broad SMARTS) is 1. The van der Waals surface area contributed by atoms with Gasteiger partial charge in [0.1, 0.15) is 11.7 Å². The molecule has 1 aromatic carbocycles. The lowest BCUT2D eigenvalue weighted by Crippen LogP contribution is -2.16. The molecule has 1 rings (SSSR count). The average Bonchev–Trinajstić information content (AvgIpc) is 2.21.